The van der Waals surface area contributed by atoms with Gasteiger partial charge in [-0.1, -0.05) is 0 Å². The summed E-state index contributed by atoms with van der Waals surface area (Å²) >= 11 is 0. The topological polar surface area (TPSA) is 59.3 Å². The number of hydrogen-bond acceptors (Lipinski definition) is 2. The largest absolute Gasteiger partial charge is 0.481 e. The molecule has 0 fully saturated rings. The van der Waals surface area contributed by atoms with Gasteiger partial charge in [0, 0.05) is 12.2 Å². The lowest BCUT2D eigenvalue weighted by atomic mass is 10.4. The van der Waals surface area contributed by atoms with Crippen LogP contribution in [-0.4, -0.2) is 21.9 Å². The Balaban J connectivity index is 2.79. The van der Waals surface area contributed by atoms with Crippen molar-refractivity contribution < 1.29 is 14.7 Å². The number of nitrogens with zero attached hydrogens (tertiary/aromatic N) is 1. The Morgan fingerprint density at radius 2 is 2.31 bits per heavy atom. The van der Waals surface area contributed by atoms with Gasteiger partial charge in [0.15, 0.2) is 6.29 Å². The summed E-state index contributed by atoms with van der Waals surface area (Å²) in [6.07, 6.45) is 0.769. The molecular weight excluding hydrogens is 170 g/mol. The average molecular weight is 181 g/mol. The molecule has 70 valence electrons. The molecule has 0 spiro atoms. The second-order valence-corrected chi connectivity index (χ2v) is 2.81. The van der Waals surface area contributed by atoms with Crippen LogP contribution in [0.2, 0.25) is 0 Å². The molecule has 0 aliphatic heterocycles. The van der Waals surface area contributed by atoms with E-state index >= 15 is 0 Å². The summed E-state index contributed by atoms with van der Waals surface area (Å²) in [5, 5.41) is 8.47. The minimum atomic E-state index is -0.857. The SMILES string of the molecule is Cc1ccc(C=O)n1CCC(=O)O. The molecule has 0 aliphatic carbocycles. The lowest BCUT2D eigenvalue weighted by Gasteiger charge is -2.05. The number of aryl methyl sites for hydroxylation is 1. The molecule has 0 bridgehead atoms. The molecule has 0 atom stereocenters. The summed E-state index contributed by atoms with van der Waals surface area (Å²) in [4.78, 5) is 20.8. The molecule has 1 heterocycles. The van der Waals surface area contributed by atoms with Gasteiger partial charge < -0.3 is 9.67 Å². The van der Waals surface area contributed by atoms with E-state index in [1.807, 2.05) is 6.92 Å². The van der Waals surface area contributed by atoms with E-state index in [0.29, 0.717) is 12.2 Å². The zero-order valence-corrected chi connectivity index (χ0v) is 7.36. The van der Waals surface area contributed by atoms with Gasteiger partial charge in [-0.05, 0) is 19.1 Å². The molecule has 0 aliphatic rings. The van der Waals surface area contributed by atoms with Crippen LogP contribution in [0.4, 0.5) is 0 Å². The lowest BCUT2D eigenvalue weighted by molar-refractivity contribution is -0.137. The molecule has 0 amide bonds. The van der Waals surface area contributed by atoms with Crippen LogP contribution in [0.3, 0.4) is 0 Å². The van der Waals surface area contributed by atoms with E-state index in [2.05, 4.69) is 0 Å². The number of aromatic nitrogens is 1. The monoisotopic (exact) mass is 181 g/mol. The summed E-state index contributed by atoms with van der Waals surface area (Å²) in [6.45, 7) is 2.19. The van der Waals surface area contributed by atoms with E-state index in [-0.39, 0.29) is 6.42 Å². The van der Waals surface area contributed by atoms with Crippen molar-refractivity contribution in [2.24, 2.45) is 0 Å². The van der Waals surface area contributed by atoms with E-state index in [4.69, 9.17) is 5.11 Å². The number of aldehydes is 1. The molecule has 4 nitrogen and oxygen atoms in total. The molecule has 1 rings (SSSR count). The lowest BCUT2D eigenvalue weighted by Crippen LogP contribution is -2.08. The Morgan fingerprint density at radius 1 is 1.62 bits per heavy atom. The highest BCUT2D eigenvalue weighted by atomic mass is 16.4. The highest BCUT2D eigenvalue weighted by molar-refractivity contribution is 5.73. The summed E-state index contributed by atoms with van der Waals surface area (Å²) in [5.74, 6) is -0.857. The van der Waals surface area contributed by atoms with Crippen LogP contribution in [-0.2, 0) is 11.3 Å². The third-order valence-corrected chi connectivity index (χ3v) is 1.90. The summed E-state index contributed by atoms with van der Waals surface area (Å²) in [6, 6.07) is 3.48. The number of carbonyl (C=O) groups excluding carboxylic acids is 1. The minimum absolute atomic E-state index is 0.0381. The average Bonchev–Trinajstić information content (AvgIpc) is 2.43. The van der Waals surface area contributed by atoms with Gasteiger partial charge in [0.1, 0.15) is 0 Å². The van der Waals surface area contributed by atoms with Crippen molar-refractivity contribution in [1.29, 1.82) is 0 Å². The highest BCUT2D eigenvalue weighted by Gasteiger charge is 2.05. The first-order valence-electron chi connectivity index (χ1n) is 3.98. The van der Waals surface area contributed by atoms with Gasteiger partial charge in [-0.15, -0.1) is 0 Å². The fourth-order valence-electron chi connectivity index (χ4n) is 1.21. The maximum absolute atomic E-state index is 10.5. The summed E-state index contributed by atoms with van der Waals surface area (Å²) < 4.78 is 1.70. The highest BCUT2D eigenvalue weighted by Crippen LogP contribution is 2.06. The van der Waals surface area contributed by atoms with Crippen molar-refractivity contribution >= 4 is 12.3 Å². The smallest absolute Gasteiger partial charge is 0.305 e. The maximum Gasteiger partial charge on any atom is 0.305 e. The van der Waals surface area contributed by atoms with Crippen molar-refractivity contribution in [1.82, 2.24) is 4.57 Å². The zero-order chi connectivity index (χ0) is 9.84. The first-order chi connectivity index (χ1) is 6.15. The minimum Gasteiger partial charge on any atom is -0.481 e. The zero-order valence-electron chi connectivity index (χ0n) is 7.36. The van der Waals surface area contributed by atoms with E-state index in [9.17, 15) is 9.59 Å². The van der Waals surface area contributed by atoms with Crippen molar-refractivity contribution in [2.75, 3.05) is 0 Å². The third-order valence-electron chi connectivity index (χ3n) is 1.90. The van der Waals surface area contributed by atoms with Gasteiger partial charge in [0.05, 0.1) is 12.1 Å². The fraction of sp³-hybridized carbons (Fsp3) is 0.333. The number of hydrogen-bond donors (Lipinski definition) is 1. The van der Waals surface area contributed by atoms with E-state index < -0.39 is 5.97 Å². The van der Waals surface area contributed by atoms with Crippen LogP contribution >= 0.6 is 0 Å². The Labute approximate surface area is 75.8 Å². The van der Waals surface area contributed by atoms with Crippen molar-refractivity contribution in [3.63, 3.8) is 0 Å². The number of carbonyl (C=O) groups is 2. The van der Waals surface area contributed by atoms with Crippen molar-refractivity contribution in [2.45, 2.75) is 19.9 Å². The van der Waals surface area contributed by atoms with Crippen LogP contribution in [0.1, 0.15) is 22.6 Å². The quantitative estimate of drug-likeness (QED) is 0.707. The number of rotatable bonds is 4. The van der Waals surface area contributed by atoms with Gasteiger partial charge >= 0.3 is 5.97 Å². The van der Waals surface area contributed by atoms with Gasteiger partial charge in [-0.25, -0.2) is 0 Å². The molecule has 0 aromatic carbocycles. The molecule has 4 heteroatoms. The van der Waals surface area contributed by atoms with Crippen LogP contribution in [0.25, 0.3) is 0 Å². The fourth-order valence-corrected chi connectivity index (χ4v) is 1.21. The van der Waals surface area contributed by atoms with Crippen LogP contribution in [0.5, 0.6) is 0 Å². The molecule has 1 aromatic rings. The summed E-state index contributed by atoms with van der Waals surface area (Å²) in [5.41, 5.74) is 1.43. The van der Waals surface area contributed by atoms with Crippen molar-refractivity contribution in [3.05, 3.63) is 23.5 Å². The molecular formula is C9H11NO3. The molecule has 0 saturated carbocycles. The van der Waals surface area contributed by atoms with Gasteiger partial charge in [-0.3, -0.25) is 9.59 Å². The molecule has 1 N–H and O–H groups in total. The van der Waals surface area contributed by atoms with E-state index in [1.165, 1.54) is 0 Å². The number of carboxylic acid groups (broad SMARTS) is 1. The third kappa shape index (κ3) is 2.18. The van der Waals surface area contributed by atoms with Crippen LogP contribution in [0, 0.1) is 6.92 Å². The molecule has 1 aromatic heterocycles. The normalized spacial score (nSPS) is 9.92. The summed E-state index contributed by atoms with van der Waals surface area (Å²) in [7, 11) is 0. The Kier molecular flexibility index (Phi) is 2.84. The number of carboxylic acids is 1. The van der Waals surface area contributed by atoms with Gasteiger partial charge in [0.25, 0.3) is 0 Å². The number of aliphatic carboxylic acids is 1. The predicted molar refractivity (Wildman–Crippen MR) is 46.8 cm³/mol. The molecule has 13 heavy (non-hydrogen) atoms. The molecule has 0 saturated heterocycles. The van der Waals surface area contributed by atoms with Crippen LogP contribution < -0.4 is 0 Å². The first kappa shape index (κ1) is 9.51. The Hall–Kier alpha value is -1.58. The standard InChI is InChI=1S/C9H11NO3/c1-7-2-3-8(6-11)10(7)5-4-9(12)13/h2-3,6H,4-5H2,1H3,(H,12,13). The second kappa shape index (κ2) is 3.89. The van der Waals surface area contributed by atoms with Gasteiger partial charge in [0.2, 0.25) is 0 Å². The Morgan fingerprint density at radius 3 is 2.85 bits per heavy atom. The van der Waals surface area contributed by atoms with Crippen molar-refractivity contribution in [3.8, 4) is 0 Å². The van der Waals surface area contributed by atoms with E-state index in [1.54, 1.807) is 16.7 Å². The predicted octanol–water partition coefficient (Wildman–Crippen LogP) is 1.08. The van der Waals surface area contributed by atoms with E-state index in [0.717, 1.165) is 12.0 Å². The van der Waals surface area contributed by atoms with Crippen LogP contribution in [0.15, 0.2) is 12.1 Å². The van der Waals surface area contributed by atoms with Gasteiger partial charge in [-0.2, -0.15) is 0 Å². The molecule has 0 unspecified atom stereocenters. The second-order valence-electron chi connectivity index (χ2n) is 2.81. The Bertz CT molecular complexity index is 328. The molecule has 0 radical (unpaired) electrons. The first-order valence-corrected chi connectivity index (χ1v) is 3.98. The maximum atomic E-state index is 10.5.